The van der Waals surface area contributed by atoms with Crippen LogP contribution in [0.5, 0.6) is 5.75 Å². The van der Waals surface area contributed by atoms with Crippen molar-refractivity contribution >= 4 is 5.97 Å². The number of aliphatic hydroxyl groups excluding tert-OH is 1. The van der Waals surface area contributed by atoms with Crippen LogP contribution in [0.15, 0.2) is 18.2 Å². The summed E-state index contributed by atoms with van der Waals surface area (Å²) in [6.45, 7) is 3.91. The fourth-order valence-corrected chi connectivity index (χ4v) is 1.93. The summed E-state index contributed by atoms with van der Waals surface area (Å²) in [6.07, 6.45) is 0. The molecule has 0 saturated carbocycles. The number of carbonyl (C=O) groups is 1. The van der Waals surface area contributed by atoms with Crippen molar-refractivity contribution in [2.75, 3.05) is 6.61 Å². The highest BCUT2D eigenvalue weighted by molar-refractivity contribution is 5.86. The largest absolute Gasteiger partial charge is 0.487 e. The van der Waals surface area contributed by atoms with Crippen molar-refractivity contribution < 1.29 is 19.7 Å². The summed E-state index contributed by atoms with van der Waals surface area (Å²) >= 11 is 0. The maximum absolute atomic E-state index is 11.1. The number of aromatic nitrogens is 3. The monoisotopic (exact) mass is 291 g/mol. The van der Waals surface area contributed by atoms with Crippen molar-refractivity contribution in [3.8, 4) is 5.75 Å². The Kier molecular flexibility index (Phi) is 4.54. The standard InChI is InChI=1S/C14H17N3O4/c1-9-3-4-10(2)12(7-9)21-8-11-13(14(19)20)15-16-17(11)5-6-18/h3-4,7,18H,5-6,8H2,1-2H3,(H,19,20). The van der Waals surface area contributed by atoms with Gasteiger partial charge in [-0.25, -0.2) is 9.48 Å². The summed E-state index contributed by atoms with van der Waals surface area (Å²) in [6, 6.07) is 5.80. The van der Waals surface area contributed by atoms with Gasteiger partial charge in [0, 0.05) is 0 Å². The normalized spacial score (nSPS) is 10.6. The maximum Gasteiger partial charge on any atom is 0.358 e. The lowest BCUT2D eigenvalue weighted by Gasteiger charge is -2.11. The molecule has 7 heteroatoms. The van der Waals surface area contributed by atoms with Crippen LogP contribution in [-0.2, 0) is 13.2 Å². The molecule has 0 aliphatic heterocycles. The molecule has 0 atom stereocenters. The number of hydrogen-bond acceptors (Lipinski definition) is 5. The molecule has 21 heavy (non-hydrogen) atoms. The van der Waals surface area contributed by atoms with E-state index in [1.807, 2.05) is 32.0 Å². The number of aromatic carboxylic acids is 1. The van der Waals surface area contributed by atoms with Crippen molar-refractivity contribution in [2.24, 2.45) is 0 Å². The molecule has 7 nitrogen and oxygen atoms in total. The second-order valence-corrected chi connectivity index (χ2v) is 4.69. The molecule has 2 aromatic rings. The number of benzene rings is 1. The van der Waals surface area contributed by atoms with E-state index in [0.29, 0.717) is 11.4 Å². The molecule has 1 aromatic carbocycles. The molecule has 2 N–H and O–H groups in total. The number of nitrogens with zero attached hydrogens (tertiary/aromatic N) is 3. The predicted molar refractivity (Wildman–Crippen MR) is 74.3 cm³/mol. The Morgan fingerprint density at radius 1 is 1.38 bits per heavy atom. The first-order chi connectivity index (χ1) is 10.0. The predicted octanol–water partition coefficient (Wildman–Crippen LogP) is 1.16. The highest BCUT2D eigenvalue weighted by atomic mass is 16.5. The van der Waals surface area contributed by atoms with E-state index in [2.05, 4.69) is 10.3 Å². The quantitative estimate of drug-likeness (QED) is 0.829. The molecule has 1 heterocycles. The highest BCUT2D eigenvalue weighted by Crippen LogP contribution is 2.21. The van der Waals surface area contributed by atoms with Gasteiger partial charge in [0.1, 0.15) is 18.1 Å². The van der Waals surface area contributed by atoms with E-state index in [4.69, 9.17) is 14.9 Å². The van der Waals surface area contributed by atoms with Crippen LogP contribution in [0.1, 0.15) is 27.3 Å². The van der Waals surface area contributed by atoms with E-state index in [9.17, 15) is 4.79 Å². The molecular formula is C14H17N3O4. The average molecular weight is 291 g/mol. The molecule has 112 valence electrons. The number of carboxylic acid groups (broad SMARTS) is 1. The second kappa shape index (κ2) is 6.36. The van der Waals surface area contributed by atoms with E-state index in [1.54, 1.807) is 0 Å². The van der Waals surface area contributed by atoms with Crippen molar-refractivity contribution in [1.29, 1.82) is 0 Å². The molecule has 0 amide bonds. The van der Waals surface area contributed by atoms with Crippen LogP contribution >= 0.6 is 0 Å². The number of carboxylic acids is 1. The van der Waals surface area contributed by atoms with Gasteiger partial charge >= 0.3 is 5.97 Å². The minimum absolute atomic E-state index is 0.0267. The number of rotatable bonds is 6. The summed E-state index contributed by atoms with van der Waals surface area (Å²) < 4.78 is 7.04. The van der Waals surface area contributed by atoms with Crippen molar-refractivity contribution in [3.63, 3.8) is 0 Å². The lowest BCUT2D eigenvalue weighted by atomic mass is 10.1. The minimum atomic E-state index is -1.17. The van der Waals surface area contributed by atoms with Crippen LogP contribution in [0, 0.1) is 13.8 Å². The molecule has 2 rings (SSSR count). The highest BCUT2D eigenvalue weighted by Gasteiger charge is 2.19. The zero-order valence-electron chi connectivity index (χ0n) is 11.9. The van der Waals surface area contributed by atoms with Crippen molar-refractivity contribution in [2.45, 2.75) is 27.0 Å². The van der Waals surface area contributed by atoms with Gasteiger partial charge in [-0.1, -0.05) is 17.3 Å². The summed E-state index contributed by atoms with van der Waals surface area (Å²) in [5.41, 5.74) is 2.18. The SMILES string of the molecule is Cc1ccc(C)c(OCc2c(C(=O)O)nnn2CCO)c1. The molecule has 1 aromatic heterocycles. The van der Waals surface area contributed by atoms with E-state index in [0.717, 1.165) is 11.1 Å². The summed E-state index contributed by atoms with van der Waals surface area (Å²) in [5.74, 6) is -0.484. The number of ether oxygens (including phenoxy) is 1. The smallest absolute Gasteiger partial charge is 0.358 e. The van der Waals surface area contributed by atoms with Crippen LogP contribution < -0.4 is 4.74 Å². The lowest BCUT2D eigenvalue weighted by molar-refractivity contribution is 0.0687. The van der Waals surface area contributed by atoms with Gasteiger partial charge in [0.2, 0.25) is 0 Å². The fraction of sp³-hybridized carbons (Fsp3) is 0.357. The van der Waals surface area contributed by atoms with E-state index in [1.165, 1.54) is 4.68 Å². The molecule has 0 saturated heterocycles. The van der Waals surface area contributed by atoms with Crippen LogP contribution in [0.4, 0.5) is 0 Å². The van der Waals surface area contributed by atoms with Gasteiger partial charge < -0.3 is 14.9 Å². The van der Waals surface area contributed by atoms with Crippen LogP contribution in [0.3, 0.4) is 0 Å². The maximum atomic E-state index is 11.1. The van der Waals surface area contributed by atoms with Crippen LogP contribution in [-0.4, -0.2) is 37.8 Å². The third kappa shape index (κ3) is 3.38. The number of hydrogen-bond donors (Lipinski definition) is 2. The second-order valence-electron chi connectivity index (χ2n) is 4.69. The Hall–Kier alpha value is -2.41. The van der Waals surface area contributed by atoms with Crippen molar-refractivity contribution in [1.82, 2.24) is 15.0 Å². The van der Waals surface area contributed by atoms with E-state index < -0.39 is 5.97 Å². The molecule has 0 aliphatic carbocycles. The first kappa shape index (κ1) is 15.0. The Balaban J connectivity index is 2.24. The van der Waals surface area contributed by atoms with Gasteiger partial charge in [0.05, 0.1) is 13.2 Å². The van der Waals surface area contributed by atoms with E-state index >= 15 is 0 Å². The Morgan fingerprint density at radius 2 is 2.14 bits per heavy atom. The number of aliphatic hydroxyl groups is 1. The third-order valence-corrected chi connectivity index (χ3v) is 3.06. The minimum Gasteiger partial charge on any atom is -0.487 e. The summed E-state index contributed by atoms with van der Waals surface area (Å²) in [4.78, 5) is 11.1. The van der Waals surface area contributed by atoms with Crippen LogP contribution in [0.2, 0.25) is 0 Å². The van der Waals surface area contributed by atoms with Gasteiger partial charge in [0.25, 0.3) is 0 Å². The lowest BCUT2D eigenvalue weighted by Crippen LogP contribution is -2.13. The van der Waals surface area contributed by atoms with Gasteiger partial charge in [-0.15, -0.1) is 5.10 Å². The molecule has 0 radical (unpaired) electrons. The molecule has 0 unspecified atom stereocenters. The molecule has 0 fully saturated rings. The molecule has 0 bridgehead atoms. The zero-order chi connectivity index (χ0) is 15.4. The molecule has 0 aliphatic rings. The third-order valence-electron chi connectivity index (χ3n) is 3.06. The topological polar surface area (TPSA) is 97.5 Å². The van der Waals surface area contributed by atoms with E-state index in [-0.39, 0.29) is 25.5 Å². The van der Waals surface area contributed by atoms with Gasteiger partial charge in [0.15, 0.2) is 5.69 Å². The molecular weight excluding hydrogens is 274 g/mol. The van der Waals surface area contributed by atoms with Gasteiger partial charge in [-0.2, -0.15) is 0 Å². The van der Waals surface area contributed by atoms with Gasteiger partial charge in [-0.3, -0.25) is 0 Å². The fourth-order valence-electron chi connectivity index (χ4n) is 1.93. The Morgan fingerprint density at radius 3 is 2.81 bits per heavy atom. The Bertz CT molecular complexity index is 652. The summed E-state index contributed by atoms with van der Waals surface area (Å²) in [7, 11) is 0. The van der Waals surface area contributed by atoms with Gasteiger partial charge in [-0.05, 0) is 31.0 Å². The zero-order valence-corrected chi connectivity index (χ0v) is 11.9. The van der Waals surface area contributed by atoms with Crippen LogP contribution in [0.25, 0.3) is 0 Å². The van der Waals surface area contributed by atoms with Crippen molar-refractivity contribution in [3.05, 3.63) is 40.7 Å². The average Bonchev–Trinajstić information content (AvgIpc) is 2.83. The first-order valence-corrected chi connectivity index (χ1v) is 6.49. The molecule has 0 spiro atoms. The summed E-state index contributed by atoms with van der Waals surface area (Å²) in [5, 5.41) is 25.4. The first-order valence-electron chi connectivity index (χ1n) is 6.49. The Labute approximate surface area is 121 Å². The number of aryl methyl sites for hydroxylation is 2.